The summed E-state index contributed by atoms with van der Waals surface area (Å²) < 4.78 is 4.96. The molecule has 0 saturated carbocycles. The van der Waals surface area contributed by atoms with E-state index in [0.717, 1.165) is 0 Å². The Labute approximate surface area is 110 Å². The highest BCUT2D eigenvalue weighted by atomic mass is 16.5. The molecular formula is C15H10N2O2. The van der Waals surface area contributed by atoms with Crippen LogP contribution in [-0.4, -0.2) is 17.2 Å². The molecule has 2 aromatic rings. The first kappa shape index (κ1) is 12.5. The van der Waals surface area contributed by atoms with Crippen LogP contribution in [0, 0.1) is 23.2 Å². The third kappa shape index (κ3) is 2.83. The Morgan fingerprint density at radius 2 is 1.84 bits per heavy atom. The Bertz CT molecular complexity index is 706. The molecule has 0 aliphatic carbocycles. The highest BCUT2D eigenvalue weighted by Gasteiger charge is 2.02. The zero-order chi connectivity index (χ0) is 13.7. The van der Waals surface area contributed by atoms with E-state index in [0.29, 0.717) is 22.6 Å². The molecule has 0 radical (unpaired) electrons. The van der Waals surface area contributed by atoms with Crippen molar-refractivity contribution in [2.75, 3.05) is 7.11 Å². The van der Waals surface area contributed by atoms with Gasteiger partial charge in [-0.25, -0.2) is 4.98 Å². The van der Waals surface area contributed by atoms with Crippen LogP contribution in [0.15, 0.2) is 36.5 Å². The number of ether oxygens (including phenoxy) is 1. The Morgan fingerprint density at radius 1 is 1.16 bits per heavy atom. The average molecular weight is 250 g/mol. The Kier molecular flexibility index (Phi) is 3.66. The van der Waals surface area contributed by atoms with Crippen molar-refractivity contribution in [3.63, 3.8) is 0 Å². The lowest BCUT2D eigenvalue weighted by atomic mass is 10.1. The Hall–Kier alpha value is -2.98. The molecule has 92 valence electrons. The lowest BCUT2D eigenvalue weighted by Crippen LogP contribution is -1.88. The number of pyridine rings is 1. The Balaban J connectivity index is 2.42. The van der Waals surface area contributed by atoms with E-state index in [2.05, 4.69) is 22.9 Å². The lowest BCUT2D eigenvalue weighted by molar-refractivity contribution is 0.393. The summed E-state index contributed by atoms with van der Waals surface area (Å²) in [7, 11) is 1.49. The monoisotopic (exact) mass is 250 g/mol. The van der Waals surface area contributed by atoms with Gasteiger partial charge in [-0.15, -0.1) is 0 Å². The standard InChI is InChI=1S/C15H10N2O2/c1-19-15-8-12(14(18)10-17-15)7-6-11-4-2-3-5-13(11)9-16/h2-5,8,10,18H,1H3. The molecule has 0 aliphatic heterocycles. The van der Waals surface area contributed by atoms with Gasteiger partial charge in [0, 0.05) is 11.6 Å². The van der Waals surface area contributed by atoms with Gasteiger partial charge < -0.3 is 9.84 Å². The molecule has 0 aliphatic rings. The molecular weight excluding hydrogens is 240 g/mol. The van der Waals surface area contributed by atoms with Gasteiger partial charge in [0.15, 0.2) is 0 Å². The second kappa shape index (κ2) is 5.57. The van der Waals surface area contributed by atoms with Crippen LogP contribution >= 0.6 is 0 Å². The number of aromatic hydroxyl groups is 1. The highest BCUT2D eigenvalue weighted by molar-refractivity contribution is 5.53. The second-order valence-electron chi connectivity index (χ2n) is 3.65. The third-order valence-electron chi connectivity index (χ3n) is 2.45. The number of nitriles is 1. The predicted octanol–water partition coefficient (Wildman–Crippen LogP) is 2.07. The Morgan fingerprint density at radius 3 is 2.53 bits per heavy atom. The summed E-state index contributed by atoms with van der Waals surface area (Å²) in [6, 6.07) is 10.6. The number of aromatic nitrogens is 1. The number of methoxy groups -OCH3 is 1. The van der Waals surface area contributed by atoms with E-state index in [4.69, 9.17) is 10.00 Å². The van der Waals surface area contributed by atoms with Crippen LogP contribution in [-0.2, 0) is 0 Å². The van der Waals surface area contributed by atoms with Gasteiger partial charge in [0.05, 0.1) is 24.4 Å². The lowest BCUT2D eigenvalue weighted by Gasteiger charge is -2.00. The summed E-state index contributed by atoms with van der Waals surface area (Å²) in [5.41, 5.74) is 1.51. The van der Waals surface area contributed by atoms with Gasteiger partial charge in [-0.2, -0.15) is 5.26 Å². The number of hydrogen-bond donors (Lipinski definition) is 1. The minimum absolute atomic E-state index is 0.0252. The van der Waals surface area contributed by atoms with Crippen LogP contribution in [0.1, 0.15) is 16.7 Å². The van der Waals surface area contributed by atoms with Crippen molar-refractivity contribution >= 4 is 0 Å². The average Bonchev–Trinajstić information content (AvgIpc) is 2.46. The van der Waals surface area contributed by atoms with Crippen LogP contribution in [0.25, 0.3) is 0 Å². The molecule has 1 N–H and O–H groups in total. The molecule has 0 spiro atoms. The molecule has 0 amide bonds. The van der Waals surface area contributed by atoms with Crippen molar-refractivity contribution in [2.45, 2.75) is 0 Å². The zero-order valence-corrected chi connectivity index (χ0v) is 10.2. The van der Waals surface area contributed by atoms with Crippen LogP contribution in [0.2, 0.25) is 0 Å². The summed E-state index contributed by atoms with van der Waals surface area (Å²) in [5.74, 6) is 6.01. The van der Waals surface area contributed by atoms with E-state index >= 15 is 0 Å². The first-order chi connectivity index (χ1) is 9.24. The largest absolute Gasteiger partial charge is 0.505 e. The minimum atomic E-state index is -0.0252. The summed E-state index contributed by atoms with van der Waals surface area (Å²) in [6.45, 7) is 0. The maximum Gasteiger partial charge on any atom is 0.214 e. The topological polar surface area (TPSA) is 66.1 Å². The van der Waals surface area contributed by atoms with Gasteiger partial charge in [-0.05, 0) is 12.1 Å². The predicted molar refractivity (Wildman–Crippen MR) is 69.6 cm³/mol. The van der Waals surface area contributed by atoms with Crippen molar-refractivity contribution in [3.05, 3.63) is 53.2 Å². The SMILES string of the molecule is COc1cc(C#Cc2ccccc2C#N)c(O)cn1. The number of hydrogen-bond acceptors (Lipinski definition) is 4. The van der Waals surface area contributed by atoms with Gasteiger partial charge in [-0.3, -0.25) is 0 Å². The highest BCUT2D eigenvalue weighted by Crippen LogP contribution is 2.19. The molecule has 1 heterocycles. The molecule has 4 nitrogen and oxygen atoms in total. The van der Waals surface area contributed by atoms with Crippen molar-refractivity contribution < 1.29 is 9.84 Å². The first-order valence-electron chi connectivity index (χ1n) is 5.48. The molecule has 1 aromatic heterocycles. The third-order valence-corrected chi connectivity index (χ3v) is 2.45. The van der Waals surface area contributed by atoms with Gasteiger partial charge in [0.1, 0.15) is 11.8 Å². The number of rotatable bonds is 1. The van der Waals surface area contributed by atoms with E-state index in [-0.39, 0.29) is 5.75 Å². The molecule has 19 heavy (non-hydrogen) atoms. The van der Waals surface area contributed by atoms with E-state index < -0.39 is 0 Å². The van der Waals surface area contributed by atoms with Crippen molar-refractivity contribution in [1.29, 1.82) is 5.26 Å². The fourth-order valence-electron chi connectivity index (χ4n) is 1.47. The fourth-order valence-corrected chi connectivity index (χ4v) is 1.47. The van der Waals surface area contributed by atoms with E-state index in [9.17, 15) is 5.11 Å². The zero-order valence-electron chi connectivity index (χ0n) is 10.2. The van der Waals surface area contributed by atoms with Crippen LogP contribution in [0.4, 0.5) is 0 Å². The number of benzene rings is 1. The summed E-state index contributed by atoms with van der Waals surface area (Å²) in [5, 5.41) is 18.6. The molecule has 0 bridgehead atoms. The second-order valence-corrected chi connectivity index (χ2v) is 3.65. The minimum Gasteiger partial charge on any atom is -0.505 e. The van der Waals surface area contributed by atoms with Gasteiger partial charge in [0.25, 0.3) is 0 Å². The molecule has 0 atom stereocenters. The summed E-state index contributed by atoms with van der Waals surface area (Å²) >= 11 is 0. The normalized spacial score (nSPS) is 9.05. The first-order valence-corrected chi connectivity index (χ1v) is 5.48. The van der Waals surface area contributed by atoms with E-state index in [1.807, 2.05) is 0 Å². The van der Waals surface area contributed by atoms with Crippen LogP contribution in [0.5, 0.6) is 11.6 Å². The van der Waals surface area contributed by atoms with Gasteiger partial charge >= 0.3 is 0 Å². The number of nitrogens with zero attached hydrogens (tertiary/aromatic N) is 2. The van der Waals surface area contributed by atoms with Crippen molar-refractivity contribution in [2.24, 2.45) is 0 Å². The van der Waals surface area contributed by atoms with E-state index in [1.165, 1.54) is 19.4 Å². The fraction of sp³-hybridized carbons (Fsp3) is 0.0667. The van der Waals surface area contributed by atoms with Crippen LogP contribution in [0.3, 0.4) is 0 Å². The maximum atomic E-state index is 9.65. The van der Waals surface area contributed by atoms with Crippen LogP contribution < -0.4 is 4.74 Å². The van der Waals surface area contributed by atoms with Crippen molar-refractivity contribution in [3.8, 4) is 29.5 Å². The van der Waals surface area contributed by atoms with Gasteiger partial charge in [-0.1, -0.05) is 24.0 Å². The summed E-state index contributed by atoms with van der Waals surface area (Å²) in [6.07, 6.45) is 1.28. The van der Waals surface area contributed by atoms with Crippen molar-refractivity contribution in [1.82, 2.24) is 4.98 Å². The quantitative estimate of drug-likeness (QED) is 0.787. The van der Waals surface area contributed by atoms with E-state index in [1.54, 1.807) is 24.3 Å². The molecule has 0 saturated heterocycles. The molecule has 2 rings (SSSR count). The van der Waals surface area contributed by atoms with Gasteiger partial charge in [0.2, 0.25) is 5.88 Å². The summed E-state index contributed by atoms with van der Waals surface area (Å²) in [4.78, 5) is 3.85. The maximum absolute atomic E-state index is 9.65. The molecule has 0 fully saturated rings. The smallest absolute Gasteiger partial charge is 0.214 e. The molecule has 4 heteroatoms. The molecule has 0 unspecified atom stereocenters. The molecule has 1 aromatic carbocycles.